The Balaban J connectivity index is 2.15. The number of nitrogens with two attached hydrogens (primary N) is 1. The summed E-state index contributed by atoms with van der Waals surface area (Å²) in [6, 6.07) is 7.22. The summed E-state index contributed by atoms with van der Waals surface area (Å²) >= 11 is 1.35. The number of anilines is 1. The molecule has 0 radical (unpaired) electrons. The fourth-order valence-corrected chi connectivity index (χ4v) is 2.44. The van der Waals surface area contributed by atoms with Crippen LogP contribution in [0.5, 0.6) is 0 Å². The number of ether oxygens (including phenoxy) is 1. The van der Waals surface area contributed by atoms with Gasteiger partial charge in [0.1, 0.15) is 6.54 Å². The largest absolute Gasteiger partial charge is 0.468 e. The summed E-state index contributed by atoms with van der Waals surface area (Å²) in [5, 5.41) is 3.41. The van der Waals surface area contributed by atoms with E-state index in [1.165, 1.54) is 18.4 Å². The van der Waals surface area contributed by atoms with Crippen LogP contribution in [0.15, 0.2) is 24.3 Å². The number of carbonyl (C=O) groups excluding carboxylic acids is 2. The van der Waals surface area contributed by atoms with Gasteiger partial charge < -0.3 is 15.8 Å². The molecule has 3 N–H and O–H groups in total. The zero-order chi connectivity index (χ0) is 13.1. The molecule has 0 saturated heterocycles. The predicted molar refractivity (Wildman–Crippen MR) is 70.6 cm³/mol. The third-order valence-electron chi connectivity index (χ3n) is 2.39. The smallest absolute Gasteiger partial charge is 0.325 e. The number of hydrogen-bond donors (Lipinski definition) is 2. The first-order valence-corrected chi connectivity index (χ1v) is 6.06. The van der Waals surface area contributed by atoms with Crippen LogP contribution in [0.4, 0.5) is 5.69 Å². The fourth-order valence-electron chi connectivity index (χ4n) is 1.49. The Morgan fingerprint density at radius 1 is 1.39 bits per heavy atom. The molecule has 6 heteroatoms. The van der Waals surface area contributed by atoms with Crippen LogP contribution in [0, 0.1) is 0 Å². The summed E-state index contributed by atoms with van der Waals surface area (Å²) in [5.41, 5.74) is 6.32. The number of amides is 1. The van der Waals surface area contributed by atoms with Crippen LogP contribution >= 0.6 is 11.3 Å². The summed E-state index contributed by atoms with van der Waals surface area (Å²) in [6.07, 6.45) is 0. The van der Waals surface area contributed by atoms with Crippen molar-refractivity contribution in [3.63, 3.8) is 0 Å². The quantitative estimate of drug-likeness (QED) is 0.648. The average molecular weight is 264 g/mol. The highest BCUT2D eigenvalue weighted by molar-refractivity contribution is 7.20. The summed E-state index contributed by atoms with van der Waals surface area (Å²) in [6.45, 7) is -0.133. The monoisotopic (exact) mass is 264 g/mol. The second-order valence-corrected chi connectivity index (χ2v) is 4.75. The van der Waals surface area contributed by atoms with Crippen LogP contribution in [-0.2, 0) is 9.53 Å². The Hall–Kier alpha value is -2.08. The summed E-state index contributed by atoms with van der Waals surface area (Å²) in [5.74, 6) is -0.770. The molecular formula is C12H12N2O3S. The minimum Gasteiger partial charge on any atom is -0.468 e. The van der Waals surface area contributed by atoms with Gasteiger partial charge in [-0.25, -0.2) is 0 Å². The molecule has 94 valence electrons. The van der Waals surface area contributed by atoms with Gasteiger partial charge in [-0.1, -0.05) is 0 Å². The molecule has 0 aliphatic rings. The average Bonchev–Trinajstić information content (AvgIpc) is 2.78. The SMILES string of the molecule is COC(=O)CNC(=O)c1cc2cc(N)ccc2s1. The van der Waals surface area contributed by atoms with E-state index in [-0.39, 0.29) is 12.5 Å². The molecule has 1 heterocycles. The zero-order valence-electron chi connectivity index (χ0n) is 9.73. The van der Waals surface area contributed by atoms with Crippen LogP contribution in [0.2, 0.25) is 0 Å². The second kappa shape index (κ2) is 5.05. The van der Waals surface area contributed by atoms with Crippen molar-refractivity contribution in [1.29, 1.82) is 0 Å². The first-order valence-electron chi connectivity index (χ1n) is 5.24. The Kier molecular flexibility index (Phi) is 3.47. The summed E-state index contributed by atoms with van der Waals surface area (Å²) in [7, 11) is 1.27. The number of methoxy groups -OCH3 is 1. The minimum absolute atomic E-state index is 0.133. The van der Waals surface area contributed by atoms with Gasteiger partial charge in [-0.05, 0) is 29.7 Å². The van der Waals surface area contributed by atoms with E-state index in [9.17, 15) is 9.59 Å². The fraction of sp³-hybridized carbons (Fsp3) is 0.167. The highest BCUT2D eigenvalue weighted by atomic mass is 32.1. The maximum Gasteiger partial charge on any atom is 0.325 e. The lowest BCUT2D eigenvalue weighted by Crippen LogP contribution is -2.29. The highest BCUT2D eigenvalue weighted by Gasteiger charge is 2.11. The number of rotatable bonds is 3. The number of benzene rings is 1. The standard InChI is InChI=1S/C12H12N2O3S/c1-17-11(15)6-14-12(16)10-5-7-4-8(13)2-3-9(7)18-10/h2-5H,6,13H2,1H3,(H,14,16). The predicted octanol–water partition coefficient (Wildman–Crippen LogP) is 1.39. The van der Waals surface area contributed by atoms with Gasteiger partial charge >= 0.3 is 5.97 Å². The molecule has 5 nitrogen and oxygen atoms in total. The van der Waals surface area contributed by atoms with Gasteiger partial charge in [0.05, 0.1) is 12.0 Å². The van der Waals surface area contributed by atoms with Crippen molar-refractivity contribution in [3.8, 4) is 0 Å². The van der Waals surface area contributed by atoms with Gasteiger partial charge in [0.15, 0.2) is 0 Å². The molecular weight excluding hydrogens is 252 g/mol. The van der Waals surface area contributed by atoms with Gasteiger partial charge in [-0.15, -0.1) is 11.3 Å². The van der Waals surface area contributed by atoms with Crippen molar-refractivity contribution in [2.75, 3.05) is 19.4 Å². The highest BCUT2D eigenvalue weighted by Crippen LogP contribution is 2.27. The number of fused-ring (bicyclic) bond motifs is 1. The molecule has 0 aliphatic heterocycles. The number of esters is 1. The van der Waals surface area contributed by atoms with Crippen LogP contribution in [0.1, 0.15) is 9.67 Å². The number of carbonyl (C=O) groups is 2. The Morgan fingerprint density at radius 3 is 2.89 bits per heavy atom. The van der Waals surface area contributed by atoms with E-state index >= 15 is 0 Å². The Morgan fingerprint density at radius 2 is 2.17 bits per heavy atom. The minimum atomic E-state index is -0.478. The lowest BCUT2D eigenvalue weighted by molar-refractivity contribution is -0.139. The molecule has 0 atom stereocenters. The molecule has 1 aromatic carbocycles. The van der Waals surface area contributed by atoms with Crippen LogP contribution in [0.25, 0.3) is 10.1 Å². The third kappa shape index (κ3) is 2.60. The number of hydrogen-bond acceptors (Lipinski definition) is 5. The molecule has 18 heavy (non-hydrogen) atoms. The maximum atomic E-state index is 11.8. The van der Waals surface area contributed by atoms with E-state index in [0.717, 1.165) is 10.1 Å². The van der Waals surface area contributed by atoms with E-state index in [1.54, 1.807) is 12.1 Å². The molecule has 1 amide bonds. The lowest BCUT2D eigenvalue weighted by Gasteiger charge is -2.00. The molecule has 0 bridgehead atoms. The molecule has 0 saturated carbocycles. The normalized spacial score (nSPS) is 10.3. The molecule has 0 spiro atoms. The van der Waals surface area contributed by atoms with Crippen molar-refractivity contribution < 1.29 is 14.3 Å². The zero-order valence-corrected chi connectivity index (χ0v) is 10.5. The van der Waals surface area contributed by atoms with E-state index < -0.39 is 5.97 Å². The van der Waals surface area contributed by atoms with Gasteiger partial charge in [-0.3, -0.25) is 9.59 Å². The van der Waals surface area contributed by atoms with E-state index in [4.69, 9.17) is 5.73 Å². The van der Waals surface area contributed by atoms with Crippen molar-refractivity contribution in [2.45, 2.75) is 0 Å². The number of nitrogens with one attached hydrogen (secondary N) is 1. The van der Waals surface area contributed by atoms with Crippen LogP contribution in [0.3, 0.4) is 0 Å². The third-order valence-corrected chi connectivity index (χ3v) is 3.50. The van der Waals surface area contributed by atoms with Crippen molar-refractivity contribution in [2.24, 2.45) is 0 Å². The summed E-state index contributed by atoms with van der Waals surface area (Å²) in [4.78, 5) is 23.2. The molecule has 0 aliphatic carbocycles. The van der Waals surface area contributed by atoms with E-state index in [1.807, 2.05) is 12.1 Å². The van der Waals surface area contributed by atoms with Crippen LogP contribution < -0.4 is 11.1 Å². The van der Waals surface area contributed by atoms with Crippen molar-refractivity contribution in [1.82, 2.24) is 5.32 Å². The van der Waals surface area contributed by atoms with Crippen molar-refractivity contribution in [3.05, 3.63) is 29.1 Å². The Labute approximate surface area is 108 Å². The molecule has 0 fully saturated rings. The molecule has 0 unspecified atom stereocenters. The second-order valence-electron chi connectivity index (χ2n) is 3.67. The van der Waals surface area contributed by atoms with Crippen molar-refractivity contribution >= 4 is 39.0 Å². The van der Waals surface area contributed by atoms with E-state index in [2.05, 4.69) is 10.1 Å². The van der Waals surface area contributed by atoms with Crippen LogP contribution in [-0.4, -0.2) is 25.5 Å². The molecule has 1 aromatic heterocycles. The first-order chi connectivity index (χ1) is 8.60. The topological polar surface area (TPSA) is 81.4 Å². The molecule has 2 rings (SSSR count). The first kappa shape index (κ1) is 12.4. The van der Waals surface area contributed by atoms with E-state index in [0.29, 0.717) is 10.6 Å². The van der Waals surface area contributed by atoms with Gasteiger partial charge in [0, 0.05) is 10.4 Å². The summed E-state index contributed by atoms with van der Waals surface area (Å²) < 4.78 is 5.42. The maximum absolute atomic E-state index is 11.8. The lowest BCUT2D eigenvalue weighted by atomic mass is 10.2. The Bertz CT molecular complexity index is 606. The number of nitrogen functional groups attached to an aromatic ring is 1. The molecule has 2 aromatic rings. The van der Waals surface area contributed by atoms with Gasteiger partial charge in [-0.2, -0.15) is 0 Å². The van der Waals surface area contributed by atoms with Gasteiger partial charge in [0.2, 0.25) is 0 Å². The van der Waals surface area contributed by atoms with Gasteiger partial charge in [0.25, 0.3) is 5.91 Å². The number of thiophene rings is 1.